The van der Waals surface area contributed by atoms with Gasteiger partial charge in [0.25, 0.3) is 0 Å². The first-order valence-corrected chi connectivity index (χ1v) is 8.79. The molecule has 0 fully saturated rings. The van der Waals surface area contributed by atoms with Crippen molar-refractivity contribution in [1.82, 2.24) is 9.97 Å². The minimum atomic E-state index is -0.0900. The van der Waals surface area contributed by atoms with Crippen LogP contribution in [0.3, 0.4) is 0 Å². The highest BCUT2D eigenvalue weighted by Crippen LogP contribution is 2.40. The Kier molecular flexibility index (Phi) is 5.55. The van der Waals surface area contributed by atoms with E-state index in [9.17, 15) is 5.11 Å². The summed E-state index contributed by atoms with van der Waals surface area (Å²) in [6.45, 7) is 0.219. The highest BCUT2D eigenvalue weighted by molar-refractivity contribution is 7.99. The van der Waals surface area contributed by atoms with E-state index in [1.54, 1.807) is 24.5 Å². The number of nitrogens with zero attached hydrogens (tertiary/aromatic N) is 2. The van der Waals surface area contributed by atoms with Gasteiger partial charge in [0.2, 0.25) is 0 Å². The van der Waals surface area contributed by atoms with Gasteiger partial charge in [-0.1, -0.05) is 35.5 Å². The summed E-state index contributed by atoms with van der Waals surface area (Å²) < 4.78 is 0. The lowest BCUT2D eigenvalue weighted by atomic mass is 10.0. The molecule has 0 amide bonds. The number of pyridine rings is 2. The summed E-state index contributed by atoms with van der Waals surface area (Å²) in [6, 6.07) is 11.0. The third-order valence-corrected chi connectivity index (χ3v) is 5.39. The van der Waals surface area contributed by atoms with E-state index in [1.807, 2.05) is 24.3 Å². The summed E-state index contributed by atoms with van der Waals surface area (Å²) >= 11 is 7.84. The molecule has 3 rings (SSSR count). The van der Waals surface area contributed by atoms with Gasteiger partial charge in [-0.15, -0.1) is 0 Å². The number of anilines is 1. The molecule has 0 spiro atoms. The Morgan fingerprint density at radius 1 is 1.12 bits per heavy atom. The van der Waals surface area contributed by atoms with Crippen molar-refractivity contribution in [2.75, 3.05) is 5.73 Å². The molecule has 128 valence electrons. The SMILES string of the molecule is NCc1c(-c2ccc(N)nc2)ccc(Cl)c1Sc1ncccc1CO. The van der Waals surface area contributed by atoms with Crippen molar-refractivity contribution >= 4 is 29.2 Å². The second-order valence-corrected chi connectivity index (χ2v) is 6.71. The number of nitrogen functional groups attached to an aromatic ring is 1. The molecule has 0 atom stereocenters. The van der Waals surface area contributed by atoms with Gasteiger partial charge in [-0.2, -0.15) is 0 Å². The summed E-state index contributed by atoms with van der Waals surface area (Å²) in [4.78, 5) is 9.32. The van der Waals surface area contributed by atoms with Crippen LogP contribution >= 0.6 is 23.4 Å². The lowest BCUT2D eigenvalue weighted by Gasteiger charge is -2.15. The number of benzene rings is 1. The lowest BCUT2D eigenvalue weighted by molar-refractivity contribution is 0.278. The lowest BCUT2D eigenvalue weighted by Crippen LogP contribution is -2.03. The van der Waals surface area contributed by atoms with Crippen molar-refractivity contribution in [1.29, 1.82) is 0 Å². The second kappa shape index (κ2) is 7.84. The number of aliphatic hydroxyl groups is 1. The number of halogens is 1. The first-order chi connectivity index (χ1) is 12.1. The molecule has 5 N–H and O–H groups in total. The third-order valence-electron chi connectivity index (χ3n) is 3.73. The maximum Gasteiger partial charge on any atom is 0.123 e. The Labute approximate surface area is 155 Å². The number of aliphatic hydroxyl groups excluding tert-OH is 1. The van der Waals surface area contributed by atoms with Gasteiger partial charge in [0.15, 0.2) is 0 Å². The van der Waals surface area contributed by atoms with Crippen LogP contribution in [-0.2, 0) is 13.2 Å². The summed E-state index contributed by atoms with van der Waals surface area (Å²) in [5.41, 5.74) is 15.2. The summed E-state index contributed by atoms with van der Waals surface area (Å²) in [7, 11) is 0. The van der Waals surface area contributed by atoms with Crippen molar-refractivity contribution in [2.24, 2.45) is 5.73 Å². The quantitative estimate of drug-likeness (QED) is 0.634. The van der Waals surface area contributed by atoms with Crippen molar-refractivity contribution in [2.45, 2.75) is 23.1 Å². The minimum absolute atomic E-state index is 0.0900. The first-order valence-electron chi connectivity index (χ1n) is 7.60. The Morgan fingerprint density at radius 2 is 1.96 bits per heavy atom. The molecule has 25 heavy (non-hydrogen) atoms. The van der Waals surface area contributed by atoms with Crippen molar-refractivity contribution < 1.29 is 5.11 Å². The maximum atomic E-state index is 9.52. The highest BCUT2D eigenvalue weighted by Gasteiger charge is 2.16. The molecule has 0 aliphatic heterocycles. The molecule has 2 heterocycles. The van der Waals surface area contributed by atoms with Crippen LogP contribution in [0.25, 0.3) is 11.1 Å². The van der Waals surface area contributed by atoms with E-state index in [2.05, 4.69) is 9.97 Å². The normalized spacial score (nSPS) is 10.8. The van der Waals surface area contributed by atoms with E-state index in [0.717, 1.165) is 27.1 Å². The molecule has 0 aliphatic carbocycles. The zero-order chi connectivity index (χ0) is 17.8. The summed E-state index contributed by atoms with van der Waals surface area (Å²) in [5.74, 6) is 0.461. The number of nitrogens with two attached hydrogens (primary N) is 2. The van der Waals surface area contributed by atoms with Crippen LogP contribution < -0.4 is 11.5 Å². The van der Waals surface area contributed by atoms with Gasteiger partial charge < -0.3 is 16.6 Å². The number of hydrogen-bond donors (Lipinski definition) is 3. The molecule has 1 aromatic carbocycles. The van der Waals surface area contributed by atoms with E-state index >= 15 is 0 Å². The largest absolute Gasteiger partial charge is 0.392 e. The second-order valence-electron chi connectivity index (χ2n) is 5.31. The fraction of sp³-hybridized carbons (Fsp3) is 0.111. The van der Waals surface area contributed by atoms with Gasteiger partial charge in [0.05, 0.1) is 11.6 Å². The van der Waals surface area contributed by atoms with E-state index in [0.29, 0.717) is 22.4 Å². The standard InChI is InChI=1S/C18H17ClN4OS/c19-15-5-4-13(11-3-6-16(21)23-9-11)14(8-20)17(15)25-18-12(10-24)2-1-7-22-18/h1-7,9,24H,8,10,20H2,(H2,21,23). The average molecular weight is 373 g/mol. The van der Waals surface area contributed by atoms with Crippen LogP contribution in [0.1, 0.15) is 11.1 Å². The van der Waals surface area contributed by atoms with Crippen LogP contribution in [0.4, 0.5) is 5.82 Å². The van der Waals surface area contributed by atoms with Crippen molar-refractivity contribution in [3.8, 4) is 11.1 Å². The molecule has 5 nitrogen and oxygen atoms in total. The predicted molar refractivity (Wildman–Crippen MR) is 101 cm³/mol. The molecule has 0 saturated heterocycles. The third kappa shape index (κ3) is 3.77. The molecule has 0 radical (unpaired) electrons. The van der Waals surface area contributed by atoms with E-state index in [4.69, 9.17) is 23.1 Å². The van der Waals surface area contributed by atoms with Crippen LogP contribution in [0.2, 0.25) is 5.02 Å². The fourth-order valence-corrected chi connectivity index (χ4v) is 3.83. The van der Waals surface area contributed by atoms with Gasteiger partial charge >= 0.3 is 0 Å². The van der Waals surface area contributed by atoms with Gasteiger partial charge in [-0.3, -0.25) is 0 Å². The summed E-state index contributed by atoms with van der Waals surface area (Å²) in [6.07, 6.45) is 3.40. The molecule has 0 aliphatic rings. The van der Waals surface area contributed by atoms with Crippen LogP contribution in [0, 0.1) is 0 Å². The predicted octanol–water partition coefficient (Wildman–Crippen LogP) is 3.48. The molecule has 2 aromatic heterocycles. The topological polar surface area (TPSA) is 98.1 Å². The Hall–Kier alpha value is -2.12. The molecule has 0 saturated carbocycles. The minimum Gasteiger partial charge on any atom is -0.392 e. The molecular formula is C18H17ClN4OS. The zero-order valence-electron chi connectivity index (χ0n) is 13.3. The van der Waals surface area contributed by atoms with E-state index in [-0.39, 0.29) is 6.61 Å². The number of aromatic nitrogens is 2. The Balaban J connectivity index is 2.10. The maximum absolute atomic E-state index is 9.52. The van der Waals surface area contributed by atoms with Crippen molar-refractivity contribution in [3.63, 3.8) is 0 Å². The smallest absolute Gasteiger partial charge is 0.123 e. The van der Waals surface area contributed by atoms with Gasteiger partial charge in [0, 0.05) is 35.0 Å². The average Bonchev–Trinajstić information content (AvgIpc) is 2.64. The van der Waals surface area contributed by atoms with Gasteiger partial charge in [-0.25, -0.2) is 9.97 Å². The molecular weight excluding hydrogens is 356 g/mol. The Bertz CT molecular complexity index is 887. The van der Waals surface area contributed by atoms with E-state index < -0.39 is 0 Å². The number of hydrogen-bond acceptors (Lipinski definition) is 6. The zero-order valence-corrected chi connectivity index (χ0v) is 14.9. The van der Waals surface area contributed by atoms with Gasteiger partial charge in [-0.05, 0) is 35.4 Å². The first kappa shape index (κ1) is 17.7. The molecule has 3 aromatic rings. The van der Waals surface area contributed by atoms with E-state index in [1.165, 1.54) is 11.8 Å². The molecule has 7 heteroatoms. The van der Waals surface area contributed by atoms with Crippen LogP contribution in [-0.4, -0.2) is 15.1 Å². The van der Waals surface area contributed by atoms with Crippen LogP contribution in [0.5, 0.6) is 0 Å². The highest BCUT2D eigenvalue weighted by atomic mass is 35.5. The van der Waals surface area contributed by atoms with Gasteiger partial charge in [0.1, 0.15) is 10.8 Å². The molecule has 0 bridgehead atoms. The fourth-order valence-electron chi connectivity index (χ4n) is 2.48. The number of rotatable bonds is 5. The van der Waals surface area contributed by atoms with Crippen molar-refractivity contribution in [3.05, 3.63) is 64.9 Å². The Morgan fingerprint density at radius 3 is 2.64 bits per heavy atom. The summed E-state index contributed by atoms with van der Waals surface area (Å²) in [5, 5.41) is 10.8. The van der Waals surface area contributed by atoms with Crippen LogP contribution in [0.15, 0.2) is 58.7 Å². The monoisotopic (exact) mass is 372 g/mol. The molecule has 0 unspecified atom stereocenters.